The van der Waals surface area contributed by atoms with Crippen LogP contribution < -0.4 is 0 Å². The molecule has 1 unspecified atom stereocenters. The summed E-state index contributed by atoms with van der Waals surface area (Å²) in [5, 5.41) is 0. The number of Topliss-reactive ketones (excluding diaryl/α,β-unsaturated/α-hetero) is 1. The second kappa shape index (κ2) is 17.0. The van der Waals surface area contributed by atoms with Gasteiger partial charge in [0.25, 0.3) is 0 Å². The van der Waals surface area contributed by atoms with Crippen molar-refractivity contribution in [3.8, 4) is 0 Å². The molecule has 24 heavy (non-hydrogen) atoms. The highest BCUT2D eigenvalue weighted by molar-refractivity contribution is 5.78. The van der Waals surface area contributed by atoms with Gasteiger partial charge in [-0.15, -0.1) is 0 Å². The lowest BCUT2D eigenvalue weighted by molar-refractivity contribution is -0.145. The highest BCUT2D eigenvalue weighted by Crippen LogP contribution is 2.13. The van der Waals surface area contributed by atoms with Crippen molar-refractivity contribution in [3.05, 3.63) is 0 Å². The fourth-order valence-corrected chi connectivity index (χ4v) is 2.69. The number of hydrogen-bond acceptors (Lipinski definition) is 3. The molecule has 3 nitrogen and oxygen atoms in total. The van der Waals surface area contributed by atoms with Gasteiger partial charge in [-0.2, -0.15) is 0 Å². The SMILES string of the molecule is CCCCCCCCCCCCCCCC(=O)OCC(C)C(C)=O. The molecule has 0 aliphatic carbocycles. The van der Waals surface area contributed by atoms with Crippen LogP contribution in [0.3, 0.4) is 0 Å². The Morgan fingerprint density at radius 1 is 0.750 bits per heavy atom. The second-order valence-corrected chi connectivity index (χ2v) is 7.19. The molecular weight excluding hydrogens is 300 g/mol. The van der Waals surface area contributed by atoms with Gasteiger partial charge in [-0.05, 0) is 13.3 Å². The highest BCUT2D eigenvalue weighted by Gasteiger charge is 2.10. The van der Waals surface area contributed by atoms with Crippen LogP contribution in [0, 0.1) is 5.92 Å². The number of unbranched alkanes of at least 4 members (excludes halogenated alkanes) is 12. The van der Waals surface area contributed by atoms with Crippen molar-refractivity contribution in [1.82, 2.24) is 0 Å². The molecule has 0 aromatic carbocycles. The van der Waals surface area contributed by atoms with Crippen LogP contribution in [0.4, 0.5) is 0 Å². The lowest BCUT2D eigenvalue weighted by Crippen LogP contribution is -2.17. The van der Waals surface area contributed by atoms with Gasteiger partial charge >= 0.3 is 5.97 Å². The maximum atomic E-state index is 11.5. The van der Waals surface area contributed by atoms with Gasteiger partial charge in [0, 0.05) is 12.3 Å². The van der Waals surface area contributed by atoms with E-state index in [1.165, 1.54) is 77.6 Å². The van der Waals surface area contributed by atoms with Crippen LogP contribution in [-0.4, -0.2) is 18.4 Å². The smallest absolute Gasteiger partial charge is 0.305 e. The Bertz CT molecular complexity index is 312. The first kappa shape index (κ1) is 23.1. The van der Waals surface area contributed by atoms with Crippen molar-refractivity contribution >= 4 is 11.8 Å². The molecule has 0 rings (SSSR count). The Kier molecular flexibility index (Phi) is 16.4. The van der Waals surface area contributed by atoms with Crippen LogP contribution in [0.1, 0.15) is 111 Å². The van der Waals surface area contributed by atoms with E-state index in [1.54, 1.807) is 6.92 Å². The van der Waals surface area contributed by atoms with Gasteiger partial charge in [0.15, 0.2) is 0 Å². The third-order valence-electron chi connectivity index (χ3n) is 4.67. The van der Waals surface area contributed by atoms with Crippen LogP contribution in [0.25, 0.3) is 0 Å². The molecule has 0 spiro atoms. The van der Waals surface area contributed by atoms with E-state index in [1.807, 2.05) is 0 Å². The molecule has 0 N–H and O–H groups in total. The van der Waals surface area contributed by atoms with E-state index in [-0.39, 0.29) is 24.3 Å². The molecular formula is C21H40O3. The van der Waals surface area contributed by atoms with Crippen LogP contribution in [-0.2, 0) is 14.3 Å². The summed E-state index contributed by atoms with van der Waals surface area (Å²) < 4.78 is 5.11. The van der Waals surface area contributed by atoms with E-state index in [0.29, 0.717) is 6.42 Å². The molecule has 3 heteroatoms. The number of carbonyl (C=O) groups excluding carboxylic acids is 2. The summed E-state index contributed by atoms with van der Waals surface area (Å²) >= 11 is 0. The highest BCUT2D eigenvalue weighted by atomic mass is 16.5. The molecule has 0 aromatic rings. The van der Waals surface area contributed by atoms with Crippen molar-refractivity contribution in [2.45, 2.75) is 111 Å². The standard InChI is InChI=1S/C21H40O3/c1-4-5-6-7-8-9-10-11-12-13-14-15-16-17-21(23)24-18-19(2)20(3)22/h19H,4-18H2,1-3H3. The number of ketones is 1. The minimum Gasteiger partial charge on any atom is -0.465 e. The average molecular weight is 341 g/mol. The predicted molar refractivity (Wildman–Crippen MR) is 101 cm³/mol. The molecule has 0 saturated carbocycles. The third-order valence-corrected chi connectivity index (χ3v) is 4.67. The number of hydrogen-bond donors (Lipinski definition) is 0. The van der Waals surface area contributed by atoms with Crippen molar-refractivity contribution < 1.29 is 14.3 Å². The molecule has 0 bridgehead atoms. The number of carbonyl (C=O) groups is 2. The summed E-state index contributed by atoms with van der Waals surface area (Å²) in [4.78, 5) is 22.6. The minimum absolute atomic E-state index is 0.0729. The molecule has 0 aliphatic heterocycles. The van der Waals surface area contributed by atoms with Crippen molar-refractivity contribution in [2.24, 2.45) is 5.92 Å². The molecule has 0 radical (unpaired) electrons. The monoisotopic (exact) mass is 340 g/mol. The quantitative estimate of drug-likeness (QED) is 0.233. The lowest BCUT2D eigenvalue weighted by Gasteiger charge is -2.08. The average Bonchev–Trinajstić information content (AvgIpc) is 2.56. The zero-order valence-corrected chi connectivity index (χ0v) is 16.4. The van der Waals surface area contributed by atoms with Crippen molar-refractivity contribution in [3.63, 3.8) is 0 Å². The summed E-state index contributed by atoms with van der Waals surface area (Å²) in [6.45, 7) is 5.82. The van der Waals surface area contributed by atoms with Crippen LogP contribution >= 0.6 is 0 Å². The fraction of sp³-hybridized carbons (Fsp3) is 0.905. The van der Waals surface area contributed by atoms with E-state index in [0.717, 1.165) is 12.8 Å². The van der Waals surface area contributed by atoms with Gasteiger partial charge in [0.05, 0.1) is 0 Å². The van der Waals surface area contributed by atoms with E-state index >= 15 is 0 Å². The molecule has 0 heterocycles. The number of ether oxygens (including phenoxy) is 1. The molecule has 0 saturated heterocycles. The maximum absolute atomic E-state index is 11.5. The third kappa shape index (κ3) is 16.0. The minimum atomic E-state index is -0.180. The number of esters is 1. The normalized spacial score (nSPS) is 12.1. The molecule has 142 valence electrons. The fourth-order valence-electron chi connectivity index (χ4n) is 2.69. The largest absolute Gasteiger partial charge is 0.465 e. The summed E-state index contributed by atoms with van der Waals surface area (Å²) in [5.74, 6) is -0.268. The second-order valence-electron chi connectivity index (χ2n) is 7.19. The Labute approximate surface area is 149 Å². The summed E-state index contributed by atoms with van der Waals surface area (Å²) in [6.07, 6.45) is 17.4. The van der Waals surface area contributed by atoms with Gasteiger partial charge in [0.2, 0.25) is 0 Å². The van der Waals surface area contributed by atoms with Gasteiger partial charge in [-0.3, -0.25) is 9.59 Å². The zero-order chi connectivity index (χ0) is 18.0. The lowest BCUT2D eigenvalue weighted by atomic mass is 10.0. The van der Waals surface area contributed by atoms with Crippen LogP contribution in [0.5, 0.6) is 0 Å². The first-order chi connectivity index (χ1) is 11.6. The Hall–Kier alpha value is -0.860. The van der Waals surface area contributed by atoms with Gasteiger partial charge < -0.3 is 4.74 Å². The maximum Gasteiger partial charge on any atom is 0.305 e. The van der Waals surface area contributed by atoms with Gasteiger partial charge in [0.1, 0.15) is 12.4 Å². The van der Waals surface area contributed by atoms with Gasteiger partial charge in [-0.25, -0.2) is 0 Å². The van der Waals surface area contributed by atoms with Gasteiger partial charge in [-0.1, -0.05) is 90.9 Å². The summed E-state index contributed by atoms with van der Waals surface area (Å²) in [7, 11) is 0. The Balaban J connectivity index is 3.22. The van der Waals surface area contributed by atoms with Crippen molar-refractivity contribution in [1.29, 1.82) is 0 Å². The molecule has 0 amide bonds. The predicted octanol–water partition coefficient (Wildman–Crippen LogP) is 6.24. The molecule has 0 fully saturated rings. The topological polar surface area (TPSA) is 43.4 Å². The molecule has 0 aromatic heterocycles. The van der Waals surface area contributed by atoms with Crippen LogP contribution in [0.2, 0.25) is 0 Å². The first-order valence-electron chi connectivity index (χ1n) is 10.2. The Morgan fingerprint density at radius 2 is 1.17 bits per heavy atom. The van der Waals surface area contributed by atoms with E-state index in [2.05, 4.69) is 6.92 Å². The van der Waals surface area contributed by atoms with Crippen LogP contribution in [0.15, 0.2) is 0 Å². The summed E-state index contributed by atoms with van der Waals surface area (Å²) in [6, 6.07) is 0. The molecule has 1 atom stereocenters. The zero-order valence-electron chi connectivity index (χ0n) is 16.4. The molecule has 0 aliphatic rings. The summed E-state index contributed by atoms with van der Waals surface area (Å²) in [5.41, 5.74) is 0. The van der Waals surface area contributed by atoms with Crippen molar-refractivity contribution in [2.75, 3.05) is 6.61 Å². The first-order valence-corrected chi connectivity index (χ1v) is 10.2. The Morgan fingerprint density at radius 3 is 1.58 bits per heavy atom. The van der Waals surface area contributed by atoms with E-state index in [4.69, 9.17) is 4.74 Å². The van der Waals surface area contributed by atoms with E-state index < -0.39 is 0 Å². The number of rotatable bonds is 17. The van der Waals surface area contributed by atoms with E-state index in [9.17, 15) is 9.59 Å².